The quantitative estimate of drug-likeness (QED) is 0.849. The van der Waals surface area contributed by atoms with Crippen LogP contribution in [0.25, 0.3) is 0 Å². The van der Waals surface area contributed by atoms with Gasteiger partial charge in [-0.1, -0.05) is 29.8 Å². The largest absolute Gasteiger partial charge is 0.506 e. The number of carbonyl (C=O) groups excluding carboxylic acids is 1. The Balaban J connectivity index is 1.59. The minimum Gasteiger partial charge on any atom is -0.506 e. The maximum Gasteiger partial charge on any atom is 0.416 e. The first-order chi connectivity index (χ1) is 12.7. The summed E-state index contributed by atoms with van der Waals surface area (Å²) in [5, 5.41) is 9.56. The summed E-state index contributed by atoms with van der Waals surface area (Å²) in [5.41, 5.74) is 0.331. The Labute approximate surface area is 159 Å². The van der Waals surface area contributed by atoms with Crippen LogP contribution in [-0.4, -0.2) is 47.0 Å². The molecule has 1 heterocycles. The Morgan fingerprint density at radius 3 is 2.41 bits per heavy atom. The van der Waals surface area contributed by atoms with Gasteiger partial charge in [-0.25, -0.2) is 0 Å². The van der Waals surface area contributed by atoms with E-state index in [1.54, 1.807) is 11.0 Å². The molecule has 2 aromatic rings. The van der Waals surface area contributed by atoms with Gasteiger partial charge in [0.15, 0.2) is 0 Å². The fourth-order valence-electron chi connectivity index (χ4n) is 3.04. The molecule has 1 N–H and O–H groups in total. The molecule has 0 unspecified atom stereocenters. The van der Waals surface area contributed by atoms with Crippen molar-refractivity contribution in [1.82, 2.24) is 9.80 Å². The van der Waals surface area contributed by atoms with Crippen molar-refractivity contribution < 1.29 is 23.1 Å². The van der Waals surface area contributed by atoms with Gasteiger partial charge in [0.05, 0.1) is 10.6 Å². The number of phenols is 1. The van der Waals surface area contributed by atoms with Crippen molar-refractivity contribution in [3.63, 3.8) is 0 Å². The third-order valence-electron chi connectivity index (χ3n) is 4.51. The molecular formula is C19H18ClF3N2O2. The van der Waals surface area contributed by atoms with Gasteiger partial charge < -0.3 is 10.0 Å². The number of phenolic OH excluding ortho intramolecular Hbond substituents is 1. The van der Waals surface area contributed by atoms with Crippen molar-refractivity contribution >= 4 is 17.5 Å². The van der Waals surface area contributed by atoms with Gasteiger partial charge in [0, 0.05) is 38.3 Å². The lowest BCUT2D eigenvalue weighted by molar-refractivity contribution is -0.137. The van der Waals surface area contributed by atoms with Crippen molar-refractivity contribution in [2.45, 2.75) is 12.7 Å². The van der Waals surface area contributed by atoms with E-state index in [9.17, 15) is 23.1 Å². The zero-order chi connectivity index (χ0) is 19.6. The van der Waals surface area contributed by atoms with Crippen LogP contribution < -0.4 is 0 Å². The van der Waals surface area contributed by atoms with Gasteiger partial charge in [-0.15, -0.1) is 0 Å². The summed E-state index contributed by atoms with van der Waals surface area (Å²) in [5.74, 6) is -0.269. The van der Waals surface area contributed by atoms with Gasteiger partial charge in [0.1, 0.15) is 5.75 Å². The van der Waals surface area contributed by atoms with E-state index in [4.69, 9.17) is 11.6 Å². The lowest BCUT2D eigenvalue weighted by atomic mass is 10.1. The van der Waals surface area contributed by atoms with Crippen LogP contribution in [0.1, 0.15) is 21.5 Å². The molecule has 0 aliphatic carbocycles. The number of hydrogen-bond acceptors (Lipinski definition) is 3. The number of benzene rings is 2. The lowest BCUT2D eigenvalue weighted by Crippen LogP contribution is -2.48. The highest BCUT2D eigenvalue weighted by atomic mass is 35.5. The summed E-state index contributed by atoms with van der Waals surface area (Å²) in [7, 11) is 0. The van der Waals surface area contributed by atoms with Crippen LogP contribution in [0.2, 0.25) is 5.02 Å². The van der Waals surface area contributed by atoms with E-state index < -0.39 is 11.7 Å². The summed E-state index contributed by atoms with van der Waals surface area (Å²) in [6.45, 7) is 2.46. The van der Waals surface area contributed by atoms with E-state index in [0.29, 0.717) is 43.9 Å². The Bertz CT molecular complexity index is 834. The first kappa shape index (κ1) is 19.5. The molecule has 27 heavy (non-hydrogen) atoms. The van der Waals surface area contributed by atoms with Crippen LogP contribution in [0.4, 0.5) is 13.2 Å². The molecule has 0 radical (unpaired) electrons. The Morgan fingerprint density at radius 2 is 1.78 bits per heavy atom. The second-order valence-corrected chi connectivity index (χ2v) is 6.84. The van der Waals surface area contributed by atoms with Crippen LogP contribution in [-0.2, 0) is 12.7 Å². The maximum absolute atomic E-state index is 12.8. The Hall–Kier alpha value is -2.25. The highest BCUT2D eigenvalue weighted by molar-refractivity contribution is 6.32. The van der Waals surface area contributed by atoms with Gasteiger partial charge >= 0.3 is 6.18 Å². The topological polar surface area (TPSA) is 43.8 Å². The van der Waals surface area contributed by atoms with Crippen LogP contribution in [0.3, 0.4) is 0 Å². The Morgan fingerprint density at radius 1 is 1.07 bits per heavy atom. The highest BCUT2D eigenvalue weighted by Crippen LogP contribution is 2.30. The fourth-order valence-corrected chi connectivity index (χ4v) is 3.22. The normalized spacial score (nSPS) is 15.8. The molecule has 144 valence electrons. The van der Waals surface area contributed by atoms with E-state index in [1.165, 1.54) is 24.3 Å². The molecule has 0 bridgehead atoms. The van der Waals surface area contributed by atoms with Crippen LogP contribution >= 0.6 is 11.6 Å². The van der Waals surface area contributed by atoms with Crippen LogP contribution in [0.5, 0.6) is 5.75 Å². The molecular weight excluding hydrogens is 381 g/mol. The average Bonchev–Trinajstić information content (AvgIpc) is 2.63. The standard InChI is InChI=1S/C19H18ClF3N2O2/c20-16-11-14(4-5-17(16)26)18(27)25-8-6-24(7-9-25)12-13-2-1-3-15(10-13)19(21,22)23/h1-5,10-11,26H,6-9,12H2. The van der Waals surface area contributed by atoms with Crippen LogP contribution in [0, 0.1) is 0 Å². The predicted molar refractivity (Wildman–Crippen MR) is 95.7 cm³/mol. The number of carbonyl (C=O) groups is 1. The number of alkyl halides is 3. The maximum atomic E-state index is 12.8. The molecule has 8 heteroatoms. The molecule has 0 atom stereocenters. The smallest absolute Gasteiger partial charge is 0.416 e. The first-order valence-electron chi connectivity index (χ1n) is 8.40. The molecule has 3 rings (SSSR count). The molecule has 0 aromatic heterocycles. The number of halogens is 4. The molecule has 0 spiro atoms. The van der Waals surface area contributed by atoms with Crippen molar-refractivity contribution in [2.24, 2.45) is 0 Å². The number of amides is 1. The third kappa shape index (κ3) is 4.73. The number of hydrogen-bond donors (Lipinski definition) is 1. The second kappa shape index (κ2) is 7.78. The van der Waals surface area contributed by atoms with Crippen molar-refractivity contribution in [2.75, 3.05) is 26.2 Å². The summed E-state index contributed by atoms with van der Waals surface area (Å²) < 4.78 is 38.5. The van der Waals surface area contributed by atoms with Gasteiger partial charge in [-0.3, -0.25) is 9.69 Å². The van der Waals surface area contributed by atoms with Gasteiger partial charge in [0.2, 0.25) is 0 Å². The lowest BCUT2D eigenvalue weighted by Gasteiger charge is -2.35. The van der Waals surface area contributed by atoms with Crippen molar-refractivity contribution in [3.05, 3.63) is 64.2 Å². The minimum absolute atomic E-state index is 0.0841. The number of piperazine rings is 1. The van der Waals surface area contributed by atoms with E-state index in [1.807, 2.05) is 4.90 Å². The minimum atomic E-state index is -4.35. The van der Waals surface area contributed by atoms with E-state index in [2.05, 4.69) is 0 Å². The van der Waals surface area contributed by atoms with E-state index in [0.717, 1.165) is 12.1 Å². The molecule has 1 amide bonds. The number of rotatable bonds is 3. The molecule has 1 fully saturated rings. The molecule has 0 saturated carbocycles. The van der Waals surface area contributed by atoms with E-state index in [-0.39, 0.29) is 16.7 Å². The molecule has 1 aliphatic rings. The highest BCUT2D eigenvalue weighted by Gasteiger charge is 2.30. The predicted octanol–water partition coefficient (Wildman–Crippen LogP) is 4.02. The number of aromatic hydroxyl groups is 1. The summed E-state index contributed by atoms with van der Waals surface area (Å²) >= 11 is 5.85. The fraction of sp³-hybridized carbons (Fsp3) is 0.316. The second-order valence-electron chi connectivity index (χ2n) is 6.43. The average molecular weight is 399 g/mol. The number of nitrogens with zero attached hydrogens (tertiary/aromatic N) is 2. The zero-order valence-electron chi connectivity index (χ0n) is 14.3. The molecule has 4 nitrogen and oxygen atoms in total. The molecule has 1 aliphatic heterocycles. The SMILES string of the molecule is O=C(c1ccc(O)c(Cl)c1)N1CCN(Cc2cccc(C(F)(F)F)c2)CC1. The Kier molecular flexibility index (Phi) is 5.62. The van der Waals surface area contributed by atoms with Gasteiger partial charge in [-0.05, 0) is 29.8 Å². The van der Waals surface area contributed by atoms with Crippen molar-refractivity contribution in [3.8, 4) is 5.75 Å². The third-order valence-corrected chi connectivity index (χ3v) is 4.82. The monoisotopic (exact) mass is 398 g/mol. The van der Waals surface area contributed by atoms with Crippen LogP contribution in [0.15, 0.2) is 42.5 Å². The van der Waals surface area contributed by atoms with Gasteiger partial charge in [0.25, 0.3) is 5.91 Å². The zero-order valence-corrected chi connectivity index (χ0v) is 15.1. The van der Waals surface area contributed by atoms with E-state index >= 15 is 0 Å². The summed E-state index contributed by atoms with van der Waals surface area (Å²) in [6.07, 6.45) is -4.35. The summed E-state index contributed by atoms with van der Waals surface area (Å²) in [6, 6.07) is 9.61. The first-order valence-corrected chi connectivity index (χ1v) is 8.78. The van der Waals surface area contributed by atoms with Crippen molar-refractivity contribution in [1.29, 1.82) is 0 Å². The molecule has 2 aromatic carbocycles. The summed E-state index contributed by atoms with van der Waals surface area (Å²) in [4.78, 5) is 16.2. The molecule has 1 saturated heterocycles. The van der Waals surface area contributed by atoms with Gasteiger partial charge in [-0.2, -0.15) is 13.2 Å².